The van der Waals surface area contributed by atoms with Crippen LogP contribution in [0.15, 0.2) is 30.3 Å². The first-order valence-corrected chi connectivity index (χ1v) is 8.99. The molecule has 2 rings (SSSR count). The second kappa shape index (κ2) is 9.25. The van der Waals surface area contributed by atoms with Crippen molar-refractivity contribution >= 4 is 17.9 Å². The highest BCUT2D eigenvalue weighted by molar-refractivity contribution is 5.92. The number of carbonyl (C=O) groups excluding carboxylic acids is 2. The Hall–Kier alpha value is -2.30. The van der Waals surface area contributed by atoms with Crippen LogP contribution in [0.1, 0.15) is 39.2 Å². The fourth-order valence-electron chi connectivity index (χ4n) is 2.74. The molecule has 0 N–H and O–H groups in total. The predicted octanol–water partition coefficient (Wildman–Crippen LogP) is 2.96. The Labute approximate surface area is 150 Å². The van der Waals surface area contributed by atoms with Crippen molar-refractivity contribution in [2.45, 2.75) is 39.7 Å². The highest BCUT2D eigenvalue weighted by Crippen LogP contribution is 2.21. The molecule has 5 nitrogen and oxygen atoms in total. The van der Waals surface area contributed by atoms with E-state index in [-0.39, 0.29) is 17.9 Å². The SMILES string of the molecule is CCC(C)Oc1ccccc1/C=C/C(=O)N1CCCN(C(C)=O)CC1. The van der Waals surface area contributed by atoms with Crippen molar-refractivity contribution < 1.29 is 14.3 Å². The zero-order chi connectivity index (χ0) is 18.2. The summed E-state index contributed by atoms with van der Waals surface area (Å²) in [6, 6.07) is 7.74. The Morgan fingerprint density at radius 3 is 2.56 bits per heavy atom. The highest BCUT2D eigenvalue weighted by Gasteiger charge is 2.18. The highest BCUT2D eigenvalue weighted by atomic mass is 16.5. The van der Waals surface area contributed by atoms with E-state index < -0.39 is 0 Å². The molecular formula is C20H28N2O3. The van der Waals surface area contributed by atoms with Crippen molar-refractivity contribution in [3.05, 3.63) is 35.9 Å². The summed E-state index contributed by atoms with van der Waals surface area (Å²) in [4.78, 5) is 27.6. The van der Waals surface area contributed by atoms with E-state index in [0.29, 0.717) is 26.2 Å². The number of hydrogen-bond donors (Lipinski definition) is 0. The van der Waals surface area contributed by atoms with Crippen molar-refractivity contribution in [2.75, 3.05) is 26.2 Å². The van der Waals surface area contributed by atoms with Gasteiger partial charge in [0.15, 0.2) is 0 Å². The Balaban J connectivity index is 2.01. The standard InChI is InChI=1S/C20H28N2O3/c1-4-16(2)25-19-9-6-5-8-18(19)10-11-20(24)22-13-7-12-21(14-15-22)17(3)23/h5-6,8-11,16H,4,7,12-15H2,1-3H3/b11-10+. The lowest BCUT2D eigenvalue weighted by Gasteiger charge is -2.20. The number of hydrogen-bond acceptors (Lipinski definition) is 3. The summed E-state index contributed by atoms with van der Waals surface area (Å²) in [5, 5.41) is 0. The van der Waals surface area contributed by atoms with Crippen LogP contribution in [0.4, 0.5) is 0 Å². The molecule has 0 spiro atoms. The number of nitrogens with zero attached hydrogens (tertiary/aromatic N) is 2. The maximum absolute atomic E-state index is 12.5. The van der Waals surface area contributed by atoms with Gasteiger partial charge in [0, 0.05) is 44.7 Å². The molecule has 0 radical (unpaired) electrons. The Kier molecular flexibility index (Phi) is 7.04. The monoisotopic (exact) mass is 344 g/mol. The van der Waals surface area contributed by atoms with Crippen LogP contribution < -0.4 is 4.74 Å². The molecule has 1 fully saturated rings. The normalized spacial score (nSPS) is 16.6. The van der Waals surface area contributed by atoms with Gasteiger partial charge in [-0.25, -0.2) is 0 Å². The van der Waals surface area contributed by atoms with Gasteiger partial charge in [0.1, 0.15) is 5.75 Å². The van der Waals surface area contributed by atoms with Crippen LogP contribution in [-0.4, -0.2) is 53.9 Å². The second-order valence-corrected chi connectivity index (χ2v) is 6.39. The smallest absolute Gasteiger partial charge is 0.246 e. The van der Waals surface area contributed by atoms with E-state index in [1.54, 1.807) is 22.8 Å². The topological polar surface area (TPSA) is 49.9 Å². The van der Waals surface area contributed by atoms with Gasteiger partial charge in [-0.3, -0.25) is 9.59 Å². The van der Waals surface area contributed by atoms with Crippen molar-refractivity contribution in [2.24, 2.45) is 0 Å². The average molecular weight is 344 g/mol. The van der Waals surface area contributed by atoms with E-state index >= 15 is 0 Å². The van der Waals surface area contributed by atoms with Crippen LogP contribution >= 0.6 is 0 Å². The third-order valence-corrected chi connectivity index (χ3v) is 4.48. The summed E-state index contributed by atoms with van der Waals surface area (Å²) >= 11 is 0. The molecule has 136 valence electrons. The van der Waals surface area contributed by atoms with Gasteiger partial charge >= 0.3 is 0 Å². The van der Waals surface area contributed by atoms with E-state index in [9.17, 15) is 9.59 Å². The van der Waals surface area contributed by atoms with Crippen LogP contribution in [0.3, 0.4) is 0 Å². The van der Waals surface area contributed by atoms with Crippen molar-refractivity contribution in [1.82, 2.24) is 9.80 Å². The predicted molar refractivity (Wildman–Crippen MR) is 99.3 cm³/mol. The molecule has 1 aliphatic heterocycles. The van der Waals surface area contributed by atoms with E-state index in [1.165, 1.54) is 0 Å². The van der Waals surface area contributed by atoms with E-state index in [2.05, 4.69) is 6.92 Å². The minimum Gasteiger partial charge on any atom is -0.490 e. The fraction of sp³-hybridized carbons (Fsp3) is 0.500. The lowest BCUT2D eigenvalue weighted by atomic mass is 10.1. The minimum atomic E-state index is -0.0243. The molecule has 0 saturated carbocycles. The lowest BCUT2D eigenvalue weighted by Crippen LogP contribution is -2.35. The summed E-state index contributed by atoms with van der Waals surface area (Å²) in [6.07, 6.45) is 5.29. The molecule has 1 heterocycles. The van der Waals surface area contributed by atoms with Gasteiger partial charge < -0.3 is 14.5 Å². The number of benzene rings is 1. The molecule has 1 saturated heterocycles. The van der Waals surface area contributed by atoms with Gasteiger partial charge in [0.2, 0.25) is 11.8 Å². The van der Waals surface area contributed by atoms with Crippen LogP contribution in [0, 0.1) is 0 Å². The second-order valence-electron chi connectivity index (χ2n) is 6.39. The molecule has 0 bridgehead atoms. The average Bonchev–Trinajstić information content (AvgIpc) is 2.87. The molecule has 1 aliphatic rings. The number of rotatable bonds is 5. The fourth-order valence-corrected chi connectivity index (χ4v) is 2.74. The Morgan fingerprint density at radius 2 is 1.84 bits per heavy atom. The molecule has 1 aromatic rings. The quantitative estimate of drug-likeness (QED) is 0.772. The Morgan fingerprint density at radius 1 is 1.16 bits per heavy atom. The minimum absolute atomic E-state index is 0.0243. The Bertz CT molecular complexity index is 627. The first kappa shape index (κ1) is 19.0. The first-order valence-electron chi connectivity index (χ1n) is 8.99. The van der Waals surface area contributed by atoms with Gasteiger partial charge in [-0.1, -0.05) is 25.1 Å². The third kappa shape index (κ3) is 5.62. The largest absolute Gasteiger partial charge is 0.490 e. The molecule has 1 unspecified atom stereocenters. The van der Waals surface area contributed by atoms with Gasteiger partial charge in [0.25, 0.3) is 0 Å². The zero-order valence-corrected chi connectivity index (χ0v) is 15.4. The molecule has 2 amide bonds. The molecule has 0 aromatic heterocycles. The summed E-state index contributed by atoms with van der Waals surface area (Å²) < 4.78 is 5.91. The van der Waals surface area contributed by atoms with Gasteiger partial charge in [-0.15, -0.1) is 0 Å². The summed E-state index contributed by atoms with van der Waals surface area (Å²) in [7, 11) is 0. The van der Waals surface area contributed by atoms with E-state index in [1.807, 2.05) is 37.3 Å². The van der Waals surface area contributed by atoms with Crippen molar-refractivity contribution in [3.63, 3.8) is 0 Å². The molecule has 1 aromatic carbocycles. The number of carbonyl (C=O) groups is 2. The van der Waals surface area contributed by atoms with Crippen LogP contribution in [0.25, 0.3) is 6.08 Å². The van der Waals surface area contributed by atoms with E-state index in [0.717, 1.165) is 24.2 Å². The number of ether oxygens (including phenoxy) is 1. The lowest BCUT2D eigenvalue weighted by molar-refractivity contribution is -0.130. The summed E-state index contributed by atoms with van der Waals surface area (Å²) in [5.74, 6) is 0.837. The number of para-hydroxylation sites is 1. The summed E-state index contributed by atoms with van der Waals surface area (Å²) in [5.41, 5.74) is 0.899. The van der Waals surface area contributed by atoms with Crippen LogP contribution in [0.2, 0.25) is 0 Å². The van der Waals surface area contributed by atoms with E-state index in [4.69, 9.17) is 4.74 Å². The first-order chi connectivity index (χ1) is 12.0. The molecule has 1 atom stereocenters. The van der Waals surface area contributed by atoms with Gasteiger partial charge in [0.05, 0.1) is 6.10 Å². The van der Waals surface area contributed by atoms with Crippen LogP contribution in [-0.2, 0) is 9.59 Å². The summed E-state index contributed by atoms with van der Waals surface area (Å²) in [6.45, 7) is 8.26. The molecule has 0 aliphatic carbocycles. The molecular weight excluding hydrogens is 316 g/mol. The maximum Gasteiger partial charge on any atom is 0.246 e. The maximum atomic E-state index is 12.5. The third-order valence-electron chi connectivity index (χ3n) is 4.48. The number of amides is 2. The van der Waals surface area contributed by atoms with Crippen molar-refractivity contribution in [3.8, 4) is 5.75 Å². The van der Waals surface area contributed by atoms with Gasteiger partial charge in [-0.05, 0) is 31.9 Å². The molecule has 25 heavy (non-hydrogen) atoms. The van der Waals surface area contributed by atoms with Gasteiger partial charge in [-0.2, -0.15) is 0 Å². The molecule has 5 heteroatoms. The van der Waals surface area contributed by atoms with Crippen molar-refractivity contribution in [1.29, 1.82) is 0 Å². The van der Waals surface area contributed by atoms with Crippen LogP contribution in [0.5, 0.6) is 5.75 Å². The zero-order valence-electron chi connectivity index (χ0n) is 15.4.